The van der Waals surface area contributed by atoms with Crippen molar-refractivity contribution in [1.82, 2.24) is 4.90 Å². The molecule has 0 aromatic heterocycles. The summed E-state index contributed by atoms with van der Waals surface area (Å²) in [6.07, 6.45) is 1.50. The first-order chi connectivity index (χ1) is 16.2. The third-order valence-corrected chi connectivity index (χ3v) is 7.24. The molecule has 0 aliphatic carbocycles. The molecule has 1 heterocycles. The first kappa shape index (κ1) is 24.8. The van der Waals surface area contributed by atoms with Crippen molar-refractivity contribution in [3.8, 4) is 5.75 Å². The average molecular weight is 598 g/mol. The van der Waals surface area contributed by atoms with E-state index in [0.717, 1.165) is 16.7 Å². The molecule has 10 heteroatoms. The summed E-state index contributed by atoms with van der Waals surface area (Å²) >= 11 is 22.7. The van der Waals surface area contributed by atoms with Crippen LogP contribution in [-0.2, 0) is 11.3 Å². The van der Waals surface area contributed by atoms with Crippen molar-refractivity contribution < 1.29 is 19.1 Å². The Morgan fingerprint density at radius 2 is 1.65 bits per heavy atom. The number of hydrogen-bond donors (Lipinski definition) is 0. The van der Waals surface area contributed by atoms with Gasteiger partial charge in [0.1, 0.15) is 5.75 Å². The Hall–Kier alpha value is -2.29. The van der Waals surface area contributed by atoms with Crippen molar-refractivity contribution >= 4 is 85.7 Å². The summed E-state index contributed by atoms with van der Waals surface area (Å²) in [6, 6.07) is 16.4. The lowest BCUT2D eigenvalue weighted by molar-refractivity contribution is -0.123. The number of halogens is 4. The third-order valence-electron chi connectivity index (χ3n) is 4.81. The molecule has 0 saturated carbocycles. The van der Waals surface area contributed by atoms with Gasteiger partial charge in [-0.25, -0.2) is 4.79 Å². The van der Waals surface area contributed by atoms with Crippen LogP contribution >= 0.6 is 62.5 Å². The number of hydrogen-bond acceptors (Lipinski definition) is 5. The fourth-order valence-corrected chi connectivity index (χ4v) is 5.06. The Kier molecular flexibility index (Phi) is 7.70. The summed E-state index contributed by atoms with van der Waals surface area (Å²) in [4.78, 5) is 39.5. The van der Waals surface area contributed by atoms with Gasteiger partial charge in [-0.2, -0.15) is 0 Å². The van der Waals surface area contributed by atoms with Gasteiger partial charge in [-0.1, -0.05) is 68.9 Å². The second-order valence-corrected chi connectivity index (χ2v) is 10.2. The fraction of sp³-hybridized carbons (Fsp3) is 0.0417. The molecule has 1 aliphatic rings. The molecule has 0 atom stereocenters. The molecule has 0 radical (unpaired) electrons. The lowest BCUT2D eigenvalue weighted by Crippen LogP contribution is -2.27. The van der Waals surface area contributed by atoms with Crippen LogP contribution in [0.25, 0.3) is 6.08 Å². The molecule has 0 N–H and O–H groups in total. The number of esters is 1. The Bertz CT molecular complexity index is 1340. The van der Waals surface area contributed by atoms with Gasteiger partial charge in [-0.3, -0.25) is 14.5 Å². The number of ether oxygens (including phenoxy) is 1. The number of thioether (sulfide) groups is 1. The zero-order valence-electron chi connectivity index (χ0n) is 17.1. The molecule has 0 bridgehead atoms. The van der Waals surface area contributed by atoms with E-state index in [0.29, 0.717) is 25.6 Å². The van der Waals surface area contributed by atoms with Crippen LogP contribution < -0.4 is 4.74 Å². The Balaban J connectivity index is 1.62. The predicted molar refractivity (Wildman–Crippen MR) is 139 cm³/mol. The molecule has 1 fully saturated rings. The number of benzene rings is 3. The highest BCUT2D eigenvalue weighted by atomic mass is 79.9. The van der Waals surface area contributed by atoms with Crippen LogP contribution in [0.1, 0.15) is 21.5 Å². The van der Waals surface area contributed by atoms with Gasteiger partial charge < -0.3 is 4.74 Å². The summed E-state index contributed by atoms with van der Waals surface area (Å²) in [7, 11) is 0. The summed E-state index contributed by atoms with van der Waals surface area (Å²) < 4.78 is 6.24. The van der Waals surface area contributed by atoms with Crippen molar-refractivity contribution in [3.63, 3.8) is 0 Å². The Labute approximate surface area is 222 Å². The van der Waals surface area contributed by atoms with E-state index in [1.54, 1.807) is 60.7 Å². The normalized spacial score (nSPS) is 14.7. The number of imide groups is 1. The summed E-state index contributed by atoms with van der Waals surface area (Å²) in [5, 5.41) is 0.509. The quantitative estimate of drug-likeness (QED) is 0.170. The van der Waals surface area contributed by atoms with E-state index in [-0.39, 0.29) is 27.8 Å². The molecule has 3 aromatic carbocycles. The molecule has 1 saturated heterocycles. The van der Waals surface area contributed by atoms with E-state index in [1.165, 1.54) is 6.08 Å². The van der Waals surface area contributed by atoms with E-state index in [1.807, 2.05) is 0 Å². The highest BCUT2D eigenvalue weighted by Gasteiger charge is 2.36. The van der Waals surface area contributed by atoms with Gasteiger partial charge in [0, 0.05) is 25.6 Å². The second-order valence-electron chi connectivity index (χ2n) is 7.02. The highest BCUT2D eigenvalue weighted by Crippen LogP contribution is 2.37. The number of amides is 2. The topological polar surface area (TPSA) is 63.7 Å². The molecule has 2 amide bonds. The molecule has 34 heavy (non-hydrogen) atoms. The smallest absolute Gasteiger partial charge is 0.345 e. The lowest BCUT2D eigenvalue weighted by Gasteiger charge is -2.14. The van der Waals surface area contributed by atoms with Crippen LogP contribution in [0.3, 0.4) is 0 Å². The van der Waals surface area contributed by atoms with Gasteiger partial charge in [-0.15, -0.1) is 0 Å². The molecule has 4 rings (SSSR count). The molecule has 0 unspecified atom stereocenters. The van der Waals surface area contributed by atoms with Gasteiger partial charge in [0.15, 0.2) is 0 Å². The molecule has 0 spiro atoms. The monoisotopic (exact) mass is 595 g/mol. The van der Waals surface area contributed by atoms with E-state index in [9.17, 15) is 14.4 Å². The van der Waals surface area contributed by atoms with Crippen molar-refractivity contribution in [2.24, 2.45) is 0 Å². The number of rotatable bonds is 5. The minimum atomic E-state index is -0.649. The van der Waals surface area contributed by atoms with Crippen LogP contribution in [0.5, 0.6) is 5.75 Å². The molecule has 172 valence electrons. The van der Waals surface area contributed by atoms with E-state index in [2.05, 4.69) is 15.9 Å². The van der Waals surface area contributed by atoms with Crippen LogP contribution in [-0.4, -0.2) is 22.0 Å². The van der Waals surface area contributed by atoms with Gasteiger partial charge >= 0.3 is 5.97 Å². The highest BCUT2D eigenvalue weighted by molar-refractivity contribution is 9.10. The van der Waals surface area contributed by atoms with Crippen LogP contribution in [0.2, 0.25) is 15.1 Å². The molecule has 3 aromatic rings. The van der Waals surface area contributed by atoms with Gasteiger partial charge in [0.05, 0.1) is 22.0 Å². The fourth-order valence-electron chi connectivity index (χ4n) is 3.13. The standard InChI is InChI=1S/C24H13BrCl3NO4S/c25-14-8-9-20(33-23(31)15-4-1-2-5-17(15)26)13(10-14)11-21-22(30)29(24(32)34-21)12-16-18(27)6-3-7-19(16)28/h1-11H,12H2/b21-11-. The second kappa shape index (κ2) is 10.5. The van der Waals surface area contributed by atoms with Crippen molar-refractivity contribution in [2.45, 2.75) is 6.54 Å². The van der Waals surface area contributed by atoms with E-state index in [4.69, 9.17) is 39.5 Å². The Morgan fingerprint density at radius 3 is 2.35 bits per heavy atom. The van der Waals surface area contributed by atoms with Gasteiger partial charge in [-0.05, 0) is 60.3 Å². The third kappa shape index (κ3) is 5.34. The minimum Gasteiger partial charge on any atom is -0.422 e. The molecular formula is C24H13BrCl3NO4S. The summed E-state index contributed by atoms with van der Waals surface area (Å²) in [5.74, 6) is -0.951. The SMILES string of the molecule is O=C(Oc1ccc(Br)cc1/C=C1\SC(=O)N(Cc2c(Cl)cccc2Cl)C1=O)c1ccccc1Cl. The number of carbonyl (C=O) groups is 3. The van der Waals surface area contributed by atoms with Crippen molar-refractivity contribution in [1.29, 1.82) is 0 Å². The van der Waals surface area contributed by atoms with E-state index >= 15 is 0 Å². The average Bonchev–Trinajstić information content (AvgIpc) is 3.05. The van der Waals surface area contributed by atoms with Crippen LogP contribution in [0.15, 0.2) is 70.0 Å². The summed E-state index contributed by atoms with van der Waals surface area (Å²) in [5.41, 5.74) is 1.11. The maximum atomic E-state index is 13.0. The zero-order chi connectivity index (χ0) is 24.4. The first-order valence-electron chi connectivity index (χ1n) is 9.69. The first-order valence-corrected chi connectivity index (χ1v) is 12.4. The lowest BCUT2D eigenvalue weighted by atomic mass is 10.1. The zero-order valence-corrected chi connectivity index (χ0v) is 21.7. The van der Waals surface area contributed by atoms with Crippen molar-refractivity contribution in [3.05, 3.63) is 102 Å². The van der Waals surface area contributed by atoms with Gasteiger partial charge in [0.25, 0.3) is 11.1 Å². The predicted octanol–water partition coefficient (Wildman–Crippen LogP) is 7.87. The maximum Gasteiger partial charge on any atom is 0.345 e. The molecule has 1 aliphatic heterocycles. The summed E-state index contributed by atoms with van der Waals surface area (Å²) in [6.45, 7) is -0.0622. The minimum absolute atomic E-state index is 0.0622. The van der Waals surface area contributed by atoms with E-state index < -0.39 is 17.1 Å². The molecule has 5 nitrogen and oxygen atoms in total. The number of carbonyl (C=O) groups excluding carboxylic acids is 3. The Morgan fingerprint density at radius 1 is 0.971 bits per heavy atom. The largest absolute Gasteiger partial charge is 0.422 e. The molecular weight excluding hydrogens is 585 g/mol. The van der Waals surface area contributed by atoms with Crippen LogP contribution in [0, 0.1) is 0 Å². The van der Waals surface area contributed by atoms with Crippen LogP contribution in [0.4, 0.5) is 4.79 Å². The maximum absolute atomic E-state index is 13.0. The van der Waals surface area contributed by atoms with Crippen molar-refractivity contribution in [2.75, 3.05) is 0 Å². The number of nitrogens with zero attached hydrogens (tertiary/aromatic N) is 1. The van der Waals surface area contributed by atoms with Gasteiger partial charge in [0.2, 0.25) is 0 Å².